The van der Waals surface area contributed by atoms with Crippen LogP contribution in [0.1, 0.15) is 50.3 Å². The molecule has 10 heteroatoms. The minimum absolute atomic E-state index is 0.0930. The van der Waals surface area contributed by atoms with Crippen LogP contribution in [-0.2, 0) is 32.6 Å². The van der Waals surface area contributed by atoms with Crippen molar-refractivity contribution in [3.8, 4) is 0 Å². The zero-order valence-corrected chi connectivity index (χ0v) is 26.3. The van der Waals surface area contributed by atoms with Crippen LogP contribution in [0.15, 0.2) is 72.8 Å². The Bertz CT molecular complexity index is 1430. The van der Waals surface area contributed by atoms with Crippen LogP contribution in [0.2, 0.25) is 10.0 Å². The summed E-state index contributed by atoms with van der Waals surface area (Å²) in [6, 6.07) is 20.3. The van der Waals surface area contributed by atoms with E-state index in [1.54, 1.807) is 30.3 Å². The molecule has 0 aromatic heterocycles. The number of nitrogens with zero attached hydrogens (tertiary/aromatic N) is 2. The molecule has 0 saturated carbocycles. The van der Waals surface area contributed by atoms with Gasteiger partial charge in [-0.15, -0.1) is 0 Å². The number of hydrogen-bond acceptors (Lipinski definition) is 4. The van der Waals surface area contributed by atoms with Gasteiger partial charge < -0.3 is 10.2 Å². The van der Waals surface area contributed by atoms with Crippen LogP contribution in [0.5, 0.6) is 0 Å². The topological polar surface area (TPSA) is 86.8 Å². The van der Waals surface area contributed by atoms with Crippen LogP contribution in [0.3, 0.4) is 0 Å². The van der Waals surface area contributed by atoms with Gasteiger partial charge in [-0.05, 0) is 55.2 Å². The van der Waals surface area contributed by atoms with Crippen LogP contribution < -0.4 is 9.62 Å². The lowest BCUT2D eigenvalue weighted by Crippen LogP contribution is -2.54. The van der Waals surface area contributed by atoms with Gasteiger partial charge >= 0.3 is 0 Å². The van der Waals surface area contributed by atoms with Crippen LogP contribution in [0.25, 0.3) is 0 Å². The lowest BCUT2D eigenvalue weighted by atomic mass is 10.0. The first-order valence-corrected chi connectivity index (χ1v) is 16.0. The Kier molecular flexibility index (Phi) is 11.2. The van der Waals surface area contributed by atoms with Gasteiger partial charge in [0.1, 0.15) is 12.6 Å². The summed E-state index contributed by atoms with van der Waals surface area (Å²) in [5, 5.41) is 3.59. The third-order valence-corrected chi connectivity index (χ3v) is 8.47. The molecule has 41 heavy (non-hydrogen) atoms. The third kappa shape index (κ3) is 8.96. The molecule has 3 aromatic carbocycles. The summed E-state index contributed by atoms with van der Waals surface area (Å²) in [6.07, 6.45) is 1.26. The summed E-state index contributed by atoms with van der Waals surface area (Å²) >= 11 is 13.0. The van der Waals surface area contributed by atoms with Gasteiger partial charge in [-0.25, -0.2) is 8.42 Å². The smallest absolute Gasteiger partial charge is 0.244 e. The zero-order chi connectivity index (χ0) is 30.3. The van der Waals surface area contributed by atoms with E-state index >= 15 is 0 Å². The summed E-state index contributed by atoms with van der Waals surface area (Å²) in [4.78, 5) is 29.1. The molecule has 3 aromatic rings. The highest BCUT2D eigenvalue weighted by atomic mass is 35.5. The molecule has 1 N–H and O–H groups in total. The normalized spacial score (nSPS) is 12.3. The summed E-state index contributed by atoms with van der Waals surface area (Å²) in [6.45, 7) is 7.15. The second-order valence-electron chi connectivity index (χ2n) is 10.6. The zero-order valence-electron chi connectivity index (χ0n) is 24.0. The number of benzene rings is 3. The van der Waals surface area contributed by atoms with E-state index in [1.165, 1.54) is 4.90 Å². The van der Waals surface area contributed by atoms with E-state index in [0.29, 0.717) is 21.3 Å². The SMILES string of the molecule is CC(C)NC(=O)[C@H](Cc1ccccc1)N(Cc1c(Cl)cccc1Cl)C(=O)CN(c1ccc(C(C)C)cc1)S(C)(=O)=O. The number of hydrogen-bond donors (Lipinski definition) is 1. The van der Waals surface area contributed by atoms with Gasteiger partial charge in [0.05, 0.1) is 11.9 Å². The Morgan fingerprint density at radius 2 is 1.44 bits per heavy atom. The fourth-order valence-corrected chi connectivity index (χ4v) is 5.79. The highest BCUT2D eigenvalue weighted by Gasteiger charge is 2.34. The molecule has 0 aliphatic heterocycles. The molecule has 0 aliphatic rings. The van der Waals surface area contributed by atoms with Crippen molar-refractivity contribution in [3.63, 3.8) is 0 Å². The quantitative estimate of drug-likeness (QED) is 0.268. The molecule has 0 spiro atoms. The maximum absolute atomic E-state index is 14.2. The number of nitrogens with one attached hydrogen (secondary N) is 1. The third-order valence-electron chi connectivity index (χ3n) is 6.62. The van der Waals surface area contributed by atoms with E-state index < -0.39 is 28.5 Å². The average Bonchev–Trinajstić information content (AvgIpc) is 2.90. The Labute approximate surface area is 253 Å². The van der Waals surface area contributed by atoms with Crippen molar-refractivity contribution >= 4 is 50.7 Å². The van der Waals surface area contributed by atoms with Crippen molar-refractivity contribution in [2.24, 2.45) is 0 Å². The van der Waals surface area contributed by atoms with Gasteiger partial charge in [0, 0.05) is 34.6 Å². The molecule has 0 unspecified atom stereocenters. The van der Waals surface area contributed by atoms with Crippen molar-refractivity contribution in [1.82, 2.24) is 10.2 Å². The summed E-state index contributed by atoms with van der Waals surface area (Å²) in [7, 11) is -3.86. The van der Waals surface area contributed by atoms with Gasteiger partial charge in [-0.2, -0.15) is 0 Å². The molecular formula is C31H37Cl2N3O4S. The van der Waals surface area contributed by atoms with E-state index in [2.05, 4.69) is 5.32 Å². The minimum atomic E-state index is -3.86. The maximum atomic E-state index is 14.2. The second kappa shape index (κ2) is 14.2. The Hall–Kier alpha value is -3.07. The highest BCUT2D eigenvalue weighted by Crippen LogP contribution is 2.28. The summed E-state index contributed by atoms with van der Waals surface area (Å²) in [5.41, 5.74) is 2.69. The van der Waals surface area contributed by atoms with E-state index in [4.69, 9.17) is 23.2 Å². The largest absolute Gasteiger partial charge is 0.352 e. The number of sulfonamides is 1. The first-order chi connectivity index (χ1) is 19.3. The lowest BCUT2D eigenvalue weighted by molar-refractivity contribution is -0.140. The monoisotopic (exact) mass is 617 g/mol. The number of rotatable bonds is 12. The summed E-state index contributed by atoms with van der Waals surface area (Å²) < 4.78 is 27.0. The predicted molar refractivity (Wildman–Crippen MR) is 167 cm³/mol. The molecule has 0 heterocycles. The number of anilines is 1. The second-order valence-corrected chi connectivity index (χ2v) is 13.3. The van der Waals surface area contributed by atoms with Gasteiger partial charge in [0.2, 0.25) is 21.8 Å². The van der Waals surface area contributed by atoms with Crippen molar-refractivity contribution in [3.05, 3.63) is 99.5 Å². The Morgan fingerprint density at radius 1 is 0.854 bits per heavy atom. The first-order valence-electron chi connectivity index (χ1n) is 13.4. The number of carbonyl (C=O) groups is 2. The highest BCUT2D eigenvalue weighted by molar-refractivity contribution is 7.92. The molecule has 2 amide bonds. The summed E-state index contributed by atoms with van der Waals surface area (Å²) in [5.74, 6) is -0.682. The lowest BCUT2D eigenvalue weighted by Gasteiger charge is -2.34. The Morgan fingerprint density at radius 3 is 1.95 bits per heavy atom. The van der Waals surface area contributed by atoms with Crippen molar-refractivity contribution in [2.45, 2.75) is 58.7 Å². The number of carbonyl (C=O) groups excluding carboxylic acids is 2. The van der Waals surface area contributed by atoms with E-state index in [1.807, 2.05) is 70.2 Å². The van der Waals surface area contributed by atoms with Gasteiger partial charge in [-0.3, -0.25) is 13.9 Å². The molecule has 0 bridgehead atoms. The van der Waals surface area contributed by atoms with Gasteiger partial charge in [-0.1, -0.05) is 85.6 Å². The molecule has 0 radical (unpaired) electrons. The minimum Gasteiger partial charge on any atom is -0.352 e. The number of amides is 2. The molecule has 220 valence electrons. The van der Waals surface area contributed by atoms with Crippen LogP contribution in [0, 0.1) is 0 Å². The van der Waals surface area contributed by atoms with Gasteiger partial charge in [0.15, 0.2) is 0 Å². The van der Waals surface area contributed by atoms with Crippen LogP contribution >= 0.6 is 23.2 Å². The molecular weight excluding hydrogens is 581 g/mol. The fraction of sp³-hybridized carbons (Fsp3) is 0.355. The average molecular weight is 619 g/mol. The predicted octanol–water partition coefficient (Wildman–Crippen LogP) is 6.05. The standard InChI is InChI=1S/C31H37Cl2N3O4S/c1-21(2)24-14-16-25(17-15-24)36(41(5,39)40)20-30(37)35(19-26-27(32)12-9-13-28(26)33)29(31(38)34-22(3)4)18-23-10-7-6-8-11-23/h6-17,21-22,29H,18-20H2,1-5H3,(H,34,38)/t29-/m0/s1. The molecule has 0 aliphatic carbocycles. The maximum Gasteiger partial charge on any atom is 0.244 e. The first kappa shape index (κ1) is 32.4. The Balaban J connectivity index is 2.09. The molecule has 7 nitrogen and oxygen atoms in total. The molecule has 0 saturated heterocycles. The molecule has 0 fully saturated rings. The van der Waals surface area contributed by atoms with Crippen LogP contribution in [-0.4, -0.2) is 50.0 Å². The van der Waals surface area contributed by atoms with E-state index in [-0.39, 0.29) is 30.8 Å². The van der Waals surface area contributed by atoms with Crippen LogP contribution in [0.4, 0.5) is 5.69 Å². The van der Waals surface area contributed by atoms with E-state index in [9.17, 15) is 18.0 Å². The fourth-order valence-electron chi connectivity index (χ4n) is 4.43. The molecule has 3 rings (SSSR count). The number of halogens is 2. The van der Waals surface area contributed by atoms with Crippen molar-refractivity contribution < 1.29 is 18.0 Å². The van der Waals surface area contributed by atoms with Crippen molar-refractivity contribution in [1.29, 1.82) is 0 Å². The van der Waals surface area contributed by atoms with Crippen molar-refractivity contribution in [2.75, 3.05) is 17.1 Å². The van der Waals surface area contributed by atoms with E-state index in [0.717, 1.165) is 21.7 Å². The molecule has 1 atom stereocenters. The van der Waals surface area contributed by atoms with Gasteiger partial charge in [0.25, 0.3) is 0 Å².